The second-order valence-electron chi connectivity index (χ2n) is 8.58. The van der Waals surface area contributed by atoms with Gasteiger partial charge in [0, 0.05) is 23.4 Å². The van der Waals surface area contributed by atoms with E-state index in [-0.39, 0.29) is 11.7 Å². The number of carbonyl (C=O) groups is 1. The zero-order valence-corrected chi connectivity index (χ0v) is 18.4. The number of hydrogen-bond acceptors (Lipinski definition) is 5. The molecule has 3 N–H and O–H groups in total. The smallest absolute Gasteiger partial charge is 0.251 e. The Morgan fingerprint density at radius 1 is 1.00 bits per heavy atom. The quantitative estimate of drug-likeness (QED) is 0.385. The van der Waals surface area contributed by atoms with Gasteiger partial charge in [-0.25, -0.2) is 4.52 Å². The van der Waals surface area contributed by atoms with Gasteiger partial charge in [0.05, 0.1) is 5.69 Å². The normalized spacial score (nSPS) is 14.3. The van der Waals surface area contributed by atoms with E-state index in [1.807, 2.05) is 48.5 Å². The molecule has 0 aliphatic heterocycles. The second kappa shape index (κ2) is 9.32. The minimum atomic E-state index is -0.0336. The fourth-order valence-corrected chi connectivity index (χ4v) is 4.41. The van der Waals surface area contributed by atoms with Gasteiger partial charge < -0.3 is 15.7 Å². The summed E-state index contributed by atoms with van der Waals surface area (Å²) in [7, 11) is 0. The zero-order chi connectivity index (χ0) is 22.6. The Morgan fingerprint density at radius 3 is 2.58 bits per heavy atom. The van der Waals surface area contributed by atoms with Gasteiger partial charge in [0.15, 0.2) is 5.65 Å². The molecule has 1 saturated carbocycles. The molecule has 7 heteroatoms. The summed E-state index contributed by atoms with van der Waals surface area (Å²) in [5.74, 6) is 1.23. The van der Waals surface area contributed by atoms with Crippen LogP contribution in [0.4, 0.5) is 11.6 Å². The predicted octanol–water partition coefficient (Wildman–Crippen LogP) is 5.16. The van der Waals surface area contributed by atoms with Crippen molar-refractivity contribution in [2.45, 2.75) is 32.1 Å². The molecule has 5 rings (SSSR count). The lowest BCUT2D eigenvalue weighted by Crippen LogP contribution is -2.30. The van der Waals surface area contributed by atoms with E-state index in [2.05, 4.69) is 20.7 Å². The van der Waals surface area contributed by atoms with Gasteiger partial charge in [-0.15, -0.1) is 5.10 Å². The standard InChI is InChI=1S/C26H27N5O2/c32-22-9-4-8-20(16-22)23-10-5-11-24-29-26(30-31(23)24)28-21-14-12-19(13-15-21)25(33)27-17-18-6-2-1-3-7-18/h4-5,8-16,18,32H,1-3,6-7,17H2,(H,27,33)(H,28,30). The van der Waals surface area contributed by atoms with Crippen molar-refractivity contribution in [2.24, 2.45) is 5.92 Å². The number of nitrogens with one attached hydrogen (secondary N) is 2. The minimum Gasteiger partial charge on any atom is -0.508 e. The maximum Gasteiger partial charge on any atom is 0.251 e. The molecule has 1 amide bonds. The number of hydrogen-bond donors (Lipinski definition) is 3. The Hall–Kier alpha value is -3.87. The molecule has 1 fully saturated rings. The molecule has 4 aromatic rings. The van der Waals surface area contributed by atoms with Crippen molar-refractivity contribution < 1.29 is 9.90 Å². The molecule has 2 heterocycles. The number of fused-ring (bicyclic) bond motifs is 1. The Balaban J connectivity index is 1.28. The summed E-state index contributed by atoms with van der Waals surface area (Å²) in [5, 5.41) is 20.7. The SMILES string of the molecule is O=C(NCC1CCCCC1)c1ccc(Nc2nc3cccc(-c4cccc(O)c4)n3n2)cc1. The third kappa shape index (κ3) is 4.82. The van der Waals surface area contributed by atoms with Crippen LogP contribution in [0.25, 0.3) is 16.9 Å². The monoisotopic (exact) mass is 441 g/mol. The second-order valence-corrected chi connectivity index (χ2v) is 8.58. The van der Waals surface area contributed by atoms with Crippen LogP contribution in [-0.2, 0) is 0 Å². The summed E-state index contributed by atoms with van der Waals surface area (Å²) in [6.45, 7) is 0.755. The number of rotatable bonds is 6. The molecule has 0 saturated heterocycles. The molecule has 1 aliphatic carbocycles. The van der Waals surface area contributed by atoms with E-state index in [9.17, 15) is 9.90 Å². The van der Waals surface area contributed by atoms with Crippen molar-refractivity contribution in [1.29, 1.82) is 0 Å². The number of carbonyl (C=O) groups excluding carboxylic acids is 1. The minimum absolute atomic E-state index is 0.0336. The number of benzene rings is 2. The first kappa shape index (κ1) is 21.0. The van der Waals surface area contributed by atoms with E-state index >= 15 is 0 Å². The average molecular weight is 442 g/mol. The van der Waals surface area contributed by atoms with Gasteiger partial charge in [-0.05, 0) is 67.3 Å². The number of anilines is 2. The molecular formula is C26H27N5O2. The lowest BCUT2D eigenvalue weighted by molar-refractivity contribution is 0.0943. The van der Waals surface area contributed by atoms with E-state index in [1.54, 1.807) is 22.7 Å². The fraction of sp³-hybridized carbons (Fsp3) is 0.269. The molecular weight excluding hydrogens is 414 g/mol. The highest BCUT2D eigenvalue weighted by Crippen LogP contribution is 2.25. The number of nitrogens with zero attached hydrogens (tertiary/aromatic N) is 3. The van der Waals surface area contributed by atoms with Gasteiger partial charge >= 0.3 is 0 Å². The molecule has 168 valence electrons. The highest BCUT2D eigenvalue weighted by molar-refractivity contribution is 5.94. The van der Waals surface area contributed by atoms with Gasteiger partial charge in [0.25, 0.3) is 5.91 Å². The van der Waals surface area contributed by atoms with Gasteiger partial charge in [-0.3, -0.25) is 4.79 Å². The van der Waals surface area contributed by atoms with E-state index in [1.165, 1.54) is 32.1 Å². The van der Waals surface area contributed by atoms with Crippen molar-refractivity contribution >= 4 is 23.2 Å². The van der Waals surface area contributed by atoms with Crippen molar-refractivity contribution in [2.75, 3.05) is 11.9 Å². The first-order chi connectivity index (χ1) is 16.2. The van der Waals surface area contributed by atoms with E-state index in [0.717, 1.165) is 23.5 Å². The molecule has 2 aromatic carbocycles. The molecule has 0 unspecified atom stereocenters. The predicted molar refractivity (Wildman–Crippen MR) is 129 cm³/mol. The van der Waals surface area contributed by atoms with Crippen molar-refractivity contribution in [1.82, 2.24) is 19.9 Å². The van der Waals surface area contributed by atoms with Crippen LogP contribution >= 0.6 is 0 Å². The van der Waals surface area contributed by atoms with Gasteiger partial charge in [0.1, 0.15) is 5.75 Å². The summed E-state index contributed by atoms with van der Waals surface area (Å²) in [6.07, 6.45) is 6.28. The Kier molecular flexibility index (Phi) is 5.93. The number of phenolic OH excluding ortho intramolecular Hbond substituents is 1. The van der Waals surface area contributed by atoms with Crippen LogP contribution in [0.3, 0.4) is 0 Å². The Bertz CT molecular complexity index is 1260. The number of pyridine rings is 1. The first-order valence-electron chi connectivity index (χ1n) is 11.5. The van der Waals surface area contributed by atoms with Crippen LogP contribution in [0, 0.1) is 5.92 Å². The van der Waals surface area contributed by atoms with Gasteiger partial charge in [-0.2, -0.15) is 4.98 Å². The number of phenols is 1. The summed E-state index contributed by atoms with van der Waals surface area (Å²) in [5.41, 5.74) is 3.81. The summed E-state index contributed by atoms with van der Waals surface area (Å²) >= 11 is 0. The van der Waals surface area contributed by atoms with Gasteiger partial charge in [0.2, 0.25) is 5.95 Å². The maximum absolute atomic E-state index is 12.5. The highest BCUT2D eigenvalue weighted by atomic mass is 16.3. The molecule has 0 atom stereocenters. The van der Waals surface area contributed by atoms with Crippen molar-refractivity contribution in [3.63, 3.8) is 0 Å². The maximum atomic E-state index is 12.5. The average Bonchev–Trinajstić information content (AvgIpc) is 3.26. The lowest BCUT2D eigenvalue weighted by Gasteiger charge is -2.21. The molecule has 7 nitrogen and oxygen atoms in total. The summed E-state index contributed by atoms with van der Waals surface area (Å²) < 4.78 is 1.74. The topological polar surface area (TPSA) is 91.5 Å². The van der Waals surface area contributed by atoms with Crippen LogP contribution < -0.4 is 10.6 Å². The molecule has 2 aromatic heterocycles. The molecule has 0 spiro atoms. The van der Waals surface area contributed by atoms with Crippen LogP contribution in [0.2, 0.25) is 0 Å². The molecule has 1 aliphatic rings. The Labute approximate surface area is 192 Å². The van der Waals surface area contributed by atoms with Crippen LogP contribution in [0.1, 0.15) is 42.5 Å². The number of aromatic hydroxyl groups is 1. The van der Waals surface area contributed by atoms with E-state index in [0.29, 0.717) is 23.1 Å². The fourth-order valence-electron chi connectivity index (χ4n) is 4.41. The van der Waals surface area contributed by atoms with Crippen LogP contribution in [0.5, 0.6) is 5.75 Å². The van der Waals surface area contributed by atoms with Crippen LogP contribution in [-0.4, -0.2) is 32.2 Å². The molecule has 33 heavy (non-hydrogen) atoms. The summed E-state index contributed by atoms with van der Waals surface area (Å²) in [4.78, 5) is 17.0. The summed E-state index contributed by atoms with van der Waals surface area (Å²) in [6, 6.07) is 20.1. The van der Waals surface area contributed by atoms with Crippen molar-refractivity contribution in [3.8, 4) is 17.0 Å². The largest absolute Gasteiger partial charge is 0.508 e. The molecule has 0 bridgehead atoms. The first-order valence-corrected chi connectivity index (χ1v) is 11.5. The highest BCUT2D eigenvalue weighted by Gasteiger charge is 2.15. The number of aromatic nitrogens is 3. The Morgan fingerprint density at radius 2 is 1.79 bits per heavy atom. The number of amides is 1. The zero-order valence-electron chi connectivity index (χ0n) is 18.4. The van der Waals surface area contributed by atoms with E-state index in [4.69, 9.17) is 0 Å². The third-order valence-corrected chi connectivity index (χ3v) is 6.18. The van der Waals surface area contributed by atoms with Crippen LogP contribution in [0.15, 0.2) is 66.7 Å². The van der Waals surface area contributed by atoms with Gasteiger partial charge in [-0.1, -0.05) is 37.5 Å². The van der Waals surface area contributed by atoms with E-state index < -0.39 is 0 Å². The van der Waals surface area contributed by atoms with Crippen molar-refractivity contribution in [3.05, 3.63) is 72.3 Å². The lowest BCUT2D eigenvalue weighted by atomic mass is 9.89. The molecule has 0 radical (unpaired) electrons. The third-order valence-electron chi connectivity index (χ3n) is 6.18.